The summed E-state index contributed by atoms with van der Waals surface area (Å²) < 4.78 is 20.7. The molecule has 5 aliphatic rings. The fourth-order valence-corrected chi connectivity index (χ4v) is 9.88. The molecule has 0 radical (unpaired) electrons. The number of allylic oxidation sites excluding steroid dienone is 2. The fraction of sp³-hybridized carbons (Fsp3) is 0.571. The zero-order valence-corrected chi connectivity index (χ0v) is 25.6. The van der Waals surface area contributed by atoms with Gasteiger partial charge in [0, 0.05) is 46.8 Å². The van der Waals surface area contributed by atoms with Gasteiger partial charge in [0.25, 0.3) is 0 Å². The van der Waals surface area contributed by atoms with Crippen molar-refractivity contribution in [3.8, 4) is 5.75 Å². The molecule has 4 fully saturated rings. The maximum atomic E-state index is 13.8. The van der Waals surface area contributed by atoms with E-state index in [0.717, 1.165) is 29.5 Å². The number of carbonyl (C=O) groups is 1. The van der Waals surface area contributed by atoms with Crippen molar-refractivity contribution >= 4 is 5.78 Å². The molecule has 0 bridgehead atoms. The van der Waals surface area contributed by atoms with E-state index >= 15 is 0 Å². The van der Waals surface area contributed by atoms with Crippen LogP contribution >= 0.6 is 0 Å². The molecular formula is C35H43NO8. The number of rotatable bonds is 7. The highest BCUT2D eigenvalue weighted by molar-refractivity contribution is 5.91. The lowest BCUT2D eigenvalue weighted by atomic mass is 9.46. The third-order valence-electron chi connectivity index (χ3n) is 11.8. The zero-order chi connectivity index (χ0) is 31.0. The van der Waals surface area contributed by atoms with Gasteiger partial charge in [-0.05, 0) is 55.2 Å². The topological polar surface area (TPSA) is 131 Å². The molecule has 3 saturated carbocycles. The van der Waals surface area contributed by atoms with Gasteiger partial charge in [-0.2, -0.15) is 0 Å². The number of nitrogens with zero attached hydrogens (tertiary/aromatic N) is 1. The second-order valence-corrected chi connectivity index (χ2v) is 13.9. The SMILES string of the molecule is COc1cc(Cn2ccc([C@@H]3O[C@@H]4C[C@H]5[C@@H]6CCC7=CC(O)C=C[C@]7(C)[C@H]6[C@@H](O)C[C@]5(C)[C@]4(C(=O)CO)O3)c2)ccc1CO. The number of fused-ring (bicyclic) bond motifs is 7. The van der Waals surface area contributed by atoms with Crippen LogP contribution in [0.4, 0.5) is 0 Å². The Bertz CT molecular complexity index is 1510. The number of aliphatic hydroxyl groups excluding tert-OH is 4. The second kappa shape index (κ2) is 10.6. The molecule has 9 heteroatoms. The molecule has 1 unspecified atom stereocenters. The van der Waals surface area contributed by atoms with Crippen molar-refractivity contribution in [2.24, 2.45) is 28.6 Å². The molecular weight excluding hydrogens is 562 g/mol. The zero-order valence-electron chi connectivity index (χ0n) is 25.6. The third kappa shape index (κ3) is 4.17. The first-order chi connectivity index (χ1) is 21.1. The van der Waals surface area contributed by atoms with Crippen LogP contribution in [0.15, 0.2) is 60.5 Å². The number of methoxy groups -OCH3 is 1. The van der Waals surface area contributed by atoms with E-state index in [1.165, 1.54) is 5.57 Å². The Hall–Kier alpha value is -2.79. The summed E-state index contributed by atoms with van der Waals surface area (Å²) >= 11 is 0. The number of carbonyl (C=O) groups excluding carboxylic acids is 1. The van der Waals surface area contributed by atoms with Gasteiger partial charge >= 0.3 is 0 Å². The van der Waals surface area contributed by atoms with Crippen molar-refractivity contribution in [2.75, 3.05) is 13.7 Å². The Balaban J connectivity index is 1.16. The predicted molar refractivity (Wildman–Crippen MR) is 160 cm³/mol. The molecule has 10 atom stereocenters. The molecule has 1 aliphatic heterocycles. The van der Waals surface area contributed by atoms with E-state index in [2.05, 4.69) is 19.9 Å². The van der Waals surface area contributed by atoms with Crippen LogP contribution in [0.2, 0.25) is 0 Å². The average molecular weight is 606 g/mol. The van der Waals surface area contributed by atoms with Crippen molar-refractivity contribution in [1.29, 1.82) is 0 Å². The molecule has 1 aromatic heterocycles. The lowest BCUT2D eigenvalue weighted by molar-refractivity contribution is -0.201. The first-order valence-electron chi connectivity index (χ1n) is 15.7. The minimum absolute atomic E-state index is 0.0423. The lowest BCUT2D eigenvalue weighted by Gasteiger charge is -2.60. The minimum atomic E-state index is -1.37. The smallest absolute Gasteiger partial charge is 0.193 e. The Morgan fingerprint density at radius 1 is 1.18 bits per heavy atom. The van der Waals surface area contributed by atoms with Gasteiger partial charge in [-0.25, -0.2) is 0 Å². The van der Waals surface area contributed by atoms with Crippen molar-refractivity contribution in [3.05, 3.63) is 77.2 Å². The number of aromatic nitrogens is 1. The van der Waals surface area contributed by atoms with Gasteiger partial charge in [-0.15, -0.1) is 0 Å². The maximum Gasteiger partial charge on any atom is 0.193 e. The van der Waals surface area contributed by atoms with Gasteiger partial charge < -0.3 is 39.2 Å². The highest BCUT2D eigenvalue weighted by Crippen LogP contribution is 2.70. The molecule has 1 saturated heterocycles. The first kappa shape index (κ1) is 29.9. The number of benzene rings is 1. The van der Waals surface area contributed by atoms with Crippen molar-refractivity contribution in [2.45, 2.75) is 82.9 Å². The van der Waals surface area contributed by atoms with Crippen LogP contribution in [-0.4, -0.2) is 68.4 Å². The molecule has 4 aliphatic carbocycles. The number of ketones is 1. The summed E-state index contributed by atoms with van der Waals surface area (Å²) in [6.07, 6.45) is 9.77. The Kier molecular flexibility index (Phi) is 7.23. The largest absolute Gasteiger partial charge is 0.496 e. The van der Waals surface area contributed by atoms with E-state index in [4.69, 9.17) is 14.2 Å². The Morgan fingerprint density at radius 3 is 2.75 bits per heavy atom. The summed E-state index contributed by atoms with van der Waals surface area (Å²) in [5, 5.41) is 41.9. The summed E-state index contributed by atoms with van der Waals surface area (Å²) in [5.41, 5.74) is 1.23. The van der Waals surface area contributed by atoms with Crippen LogP contribution < -0.4 is 4.74 Å². The summed E-state index contributed by atoms with van der Waals surface area (Å²) in [6, 6.07) is 7.64. The second-order valence-electron chi connectivity index (χ2n) is 13.9. The molecule has 0 spiro atoms. The quantitative estimate of drug-likeness (QED) is 0.353. The van der Waals surface area contributed by atoms with Gasteiger partial charge in [0.05, 0.1) is 32.0 Å². The highest BCUT2D eigenvalue weighted by atomic mass is 16.7. The molecule has 44 heavy (non-hydrogen) atoms. The Morgan fingerprint density at radius 2 is 2.00 bits per heavy atom. The van der Waals surface area contributed by atoms with Crippen molar-refractivity contribution in [3.63, 3.8) is 0 Å². The normalized spacial score (nSPS) is 40.5. The molecule has 0 amide bonds. The molecule has 4 N–H and O–H groups in total. The molecule has 2 heterocycles. The number of aliphatic hydroxyl groups is 4. The van der Waals surface area contributed by atoms with Crippen LogP contribution in [-0.2, 0) is 27.4 Å². The van der Waals surface area contributed by atoms with E-state index in [0.29, 0.717) is 25.1 Å². The van der Waals surface area contributed by atoms with Gasteiger partial charge in [0.2, 0.25) is 0 Å². The number of Topliss-reactive ketones (excluding diaryl/α,β-unsaturated/α-hetero) is 1. The van der Waals surface area contributed by atoms with E-state index in [1.54, 1.807) is 7.11 Å². The van der Waals surface area contributed by atoms with Crippen molar-refractivity contribution in [1.82, 2.24) is 4.57 Å². The monoisotopic (exact) mass is 605 g/mol. The standard InChI is InChI=1S/C35H43NO8/c1-33-10-8-24(39)13-23(33)6-7-25-26-14-30-35(29(41)19-38,34(26,2)15-27(40)31(25)33)44-32(43-30)21-9-11-36(17-21)16-20-4-5-22(18-37)28(12-20)42-3/h4-5,8-13,17,24-27,30-32,37-40H,6-7,14-16,18-19H2,1-3H3/t24?,25-,26-,27-,30+,31+,32+,33-,34-,35+/m0/s1. The van der Waals surface area contributed by atoms with E-state index < -0.39 is 42.2 Å². The number of hydrogen-bond acceptors (Lipinski definition) is 8. The van der Waals surface area contributed by atoms with E-state index in [9.17, 15) is 25.2 Å². The summed E-state index contributed by atoms with van der Waals surface area (Å²) in [5.74, 6) is 0.407. The van der Waals surface area contributed by atoms with E-state index in [1.807, 2.05) is 53.4 Å². The lowest BCUT2D eigenvalue weighted by Crippen LogP contribution is -2.63. The van der Waals surface area contributed by atoms with Crippen molar-refractivity contribution < 1.29 is 39.4 Å². The number of hydrogen-bond donors (Lipinski definition) is 4. The van der Waals surface area contributed by atoms with Gasteiger partial charge in [0.1, 0.15) is 12.4 Å². The molecule has 236 valence electrons. The molecule has 7 rings (SSSR count). The highest BCUT2D eigenvalue weighted by Gasteiger charge is 2.75. The summed E-state index contributed by atoms with van der Waals surface area (Å²) in [6.45, 7) is 4.03. The third-order valence-corrected chi connectivity index (χ3v) is 11.8. The Labute approximate surface area is 257 Å². The van der Waals surface area contributed by atoms with Gasteiger partial charge in [-0.3, -0.25) is 4.79 Å². The first-order valence-corrected chi connectivity index (χ1v) is 15.7. The predicted octanol–water partition coefficient (Wildman–Crippen LogP) is 3.43. The van der Waals surface area contributed by atoms with Crippen LogP contribution in [0.25, 0.3) is 0 Å². The fourth-order valence-electron chi connectivity index (χ4n) is 9.88. The molecule has 1 aromatic carbocycles. The van der Waals surface area contributed by atoms with E-state index in [-0.39, 0.29) is 35.6 Å². The number of ether oxygens (including phenoxy) is 3. The molecule has 9 nitrogen and oxygen atoms in total. The maximum absolute atomic E-state index is 13.8. The van der Waals surface area contributed by atoms with Crippen LogP contribution in [0.1, 0.15) is 62.5 Å². The van der Waals surface area contributed by atoms with Crippen LogP contribution in [0, 0.1) is 28.6 Å². The minimum Gasteiger partial charge on any atom is -0.496 e. The van der Waals surface area contributed by atoms with Crippen LogP contribution in [0.5, 0.6) is 5.75 Å². The average Bonchev–Trinajstić information content (AvgIpc) is 3.69. The van der Waals surface area contributed by atoms with Gasteiger partial charge in [0.15, 0.2) is 17.7 Å². The van der Waals surface area contributed by atoms with Gasteiger partial charge in [-0.1, -0.05) is 49.8 Å². The summed E-state index contributed by atoms with van der Waals surface area (Å²) in [7, 11) is 1.58. The van der Waals surface area contributed by atoms with Crippen LogP contribution in [0.3, 0.4) is 0 Å². The molecule has 2 aromatic rings. The summed E-state index contributed by atoms with van der Waals surface area (Å²) in [4.78, 5) is 13.8.